The van der Waals surface area contributed by atoms with Gasteiger partial charge in [0.25, 0.3) is 0 Å². The Kier molecular flexibility index (Phi) is 6.70. The Morgan fingerprint density at radius 2 is 1.57 bits per heavy atom. The van der Waals surface area contributed by atoms with Crippen molar-refractivity contribution in [2.24, 2.45) is 0 Å². The van der Waals surface area contributed by atoms with Crippen LogP contribution in [0.4, 0.5) is 22.0 Å². The van der Waals surface area contributed by atoms with E-state index < -0.39 is 40.1 Å². The molecule has 0 aliphatic rings. The first kappa shape index (κ1) is 21.8. The van der Waals surface area contributed by atoms with Crippen molar-refractivity contribution >= 4 is 22.4 Å². The van der Waals surface area contributed by atoms with Gasteiger partial charge in [0.05, 0.1) is 5.39 Å². The fraction of sp³-hybridized carbons (Fsp3) is 0.200. The van der Waals surface area contributed by atoms with Crippen molar-refractivity contribution in [3.05, 3.63) is 94.8 Å². The van der Waals surface area contributed by atoms with E-state index in [1.165, 1.54) is 24.3 Å². The van der Waals surface area contributed by atoms with Crippen LogP contribution >= 0.6 is 0 Å². The monoisotopic (exact) mass is 416 g/mol. The fourth-order valence-electron chi connectivity index (χ4n) is 3.39. The van der Waals surface area contributed by atoms with Gasteiger partial charge in [0, 0.05) is 11.1 Å². The average molecular weight is 416 g/mol. The van der Waals surface area contributed by atoms with Gasteiger partial charge in [-0.2, -0.15) is 0 Å². The van der Waals surface area contributed by atoms with Gasteiger partial charge in [0.1, 0.15) is 5.82 Å². The van der Waals surface area contributed by atoms with Crippen LogP contribution in [0.15, 0.2) is 55.1 Å². The molecule has 0 aliphatic heterocycles. The van der Waals surface area contributed by atoms with Crippen molar-refractivity contribution in [2.45, 2.75) is 32.6 Å². The minimum absolute atomic E-state index is 0.0701. The molecule has 0 spiro atoms. The van der Waals surface area contributed by atoms with E-state index in [1.54, 1.807) is 25.1 Å². The van der Waals surface area contributed by atoms with Gasteiger partial charge < -0.3 is 0 Å². The minimum atomic E-state index is -1.47. The summed E-state index contributed by atoms with van der Waals surface area (Å²) in [5, 5.41) is -0.592. The van der Waals surface area contributed by atoms with Gasteiger partial charge in [-0.3, -0.25) is 0 Å². The van der Waals surface area contributed by atoms with Crippen LogP contribution in [0.3, 0.4) is 0 Å². The summed E-state index contributed by atoms with van der Waals surface area (Å²) >= 11 is 0. The van der Waals surface area contributed by atoms with Crippen LogP contribution < -0.4 is 0 Å². The summed E-state index contributed by atoms with van der Waals surface area (Å²) < 4.78 is 73.1. The van der Waals surface area contributed by atoms with Crippen molar-refractivity contribution in [3.63, 3.8) is 0 Å². The molecule has 3 aromatic carbocycles. The maximum absolute atomic E-state index is 14.9. The predicted molar refractivity (Wildman–Crippen MR) is 112 cm³/mol. The molecule has 5 heteroatoms. The Bertz CT molecular complexity index is 1110. The molecule has 156 valence electrons. The number of hydrogen-bond acceptors (Lipinski definition) is 0. The number of halogens is 5. The molecular formula is C25H21F5. The molecule has 0 unspecified atom stereocenters. The highest BCUT2D eigenvalue weighted by Gasteiger charge is 2.22. The van der Waals surface area contributed by atoms with Crippen LogP contribution in [-0.2, 0) is 12.8 Å². The molecule has 0 nitrogen and oxygen atoms in total. The SMILES string of the molecule is C=CCCc1ccc(C(F)=C(F)c2ccc3cc(CCC)c(F)c(F)c3c2F)cc1. The van der Waals surface area contributed by atoms with Gasteiger partial charge in [0.2, 0.25) is 0 Å². The molecule has 0 atom stereocenters. The fourth-order valence-corrected chi connectivity index (χ4v) is 3.39. The van der Waals surface area contributed by atoms with E-state index >= 15 is 0 Å². The molecule has 0 fully saturated rings. The van der Waals surface area contributed by atoms with Crippen molar-refractivity contribution in [1.82, 2.24) is 0 Å². The van der Waals surface area contributed by atoms with Gasteiger partial charge in [-0.25, -0.2) is 22.0 Å². The Morgan fingerprint density at radius 3 is 2.20 bits per heavy atom. The van der Waals surface area contributed by atoms with Crippen molar-refractivity contribution in [3.8, 4) is 0 Å². The number of fused-ring (bicyclic) bond motifs is 1. The topological polar surface area (TPSA) is 0 Å². The Hall–Kier alpha value is -2.95. The molecule has 3 rings (SSSR count). The van der Waals surface area contributed by atoms with E-state index in [9.17, 15) is 22.0 Å². The quantitative estimate of drug-likeness (QED) is 0.207. The first-order valence-corrected chi connectivity index (χ1v) is 9.74. The van der Waals surface area contributed by atoms with Crippen LogP contribution in [-0.4, -0.2) is 0 Å². The third-order valence-corrected chi connectivity index (χ3v) is 4.99. The predicted octanol–water partition coefficient (Wildman–Crippen LogP) is 8.09. The van der Waals surface area contributed by atoms with Gasteiger partial charge in [-0.15, -0.1) is 6.58 Å². The summed E-state index contributed by atoms with van der Waals surface area (Å²) in [4.78, 5) is 0. The number of hydrogen-bond donors (Lipinski definition) is 0. The highest BCUT2D eigenvalue weighted by atomic mass is 19.2. The zero-order valence-electron chi connectivity index (χ0n) is 16.5. The molecule has 0 radical (unpaired) electrons. The molecule has 3 aromatic rings. The Balaban J connectivity index is 2.06. The second-order valence-electron chi connectivity index (χ2n) is 7.09. The summed E-state index contributed by atoms with van der Waals surface area (Å²) in [6.45, 7) is 5.44. The lowest BCUT2D eigenvalue weighted by Gasteiger charge is -2.11. The maximum Gasteiger partial charge on any atom is 0.169 e. The summed E-state index contributed by atoms with van der Waals surface area (Å²) in [5.41, 5.74) is 0.217. The zero-order chi connectivity index (χ0) is 21.8. The molecule has 0 N–H and O–H groups in total. The van der Waals surface area contributed by atoms with Gasteiger partial charge >= 0.3 is 0 Å². The van der Waals surface area contributed by atoms with Crippen molar-refractivity contribution < 1.29 is 22.0 Å². The van der Waals surface area contributed by atoms with Gasteiger partial charge in [0.15, 0.2) is 23.3 Å². The Labute approximate surface area is 172 Å². The molecule has 0 saturated carbocycles. The third kappa shape index (κ3) is 4.16. The van der Waals surface area contributed by atoms with E-state index in [1.807, 2.05) is 0 Å². The molecular weight excluding hydrogens is 395 g/mol. The molecule has 30 heavy (non-hydrogen) atoms. The van der Waals surface area contributed by atoms with Crippen LogP contribution in [0.2, 0.25) is 0 Å². The van der Waals surface area contributed by atoms with E-state index in [4.69, 9.17) is 0 Å². The maximum atomic E-state index is 14.9. The second kappa shape index (κ2) is 9.24. The highest BCUT2D eigenvalue weighted by molar-refractivity contribution is 5.91. The van der Waals surface area contributed by atoms with E-state index in [-0.39, 0.29) is 22.9 Å². The molecule has 0 aliphatic carbocycles. The second-order valence-corrected chi connectivity index (χ2v) is 7.09. The van der Waals surface area contributed by atoms with Crippen LogP contribution in [0.5, 0.6) is 0 Å². The molecule has 0 amide bonds. The highest BCUT2D eigenvalue weighted by Crippen LogP contribution is 2.35. The lowest BCUT2D eigenvalue weighted by Crippen LogP contribution is -2.00. The molecule has 0 aromatic heterocycles. The van der Waals surface area contributed by atoms with E-state index in [2.05, 4.69) is 6.58 Å². The lowest BCUT2D eigenvalue weighted by molar-refractivity contribution is 0.501. The van der Waals surface area contributed by atoms with Crippen molar-refractivity contribution in [1.29, 1.82) is 0 Å². The van der Waals surface area contributed by atoms with Gasteiger partial charge in [-0.1, -0.05) is 49.8 Å². The molecule has 0 heterocycles. The minimum Gasteiger partial charge on any atom is -0.205 e. The molecule has 0 bridgehead atoms. The van der Waals surface area contributed by atoms with E-state index in [0.717, 1.165) is 18.1 Å². The van der Waals surface area contributed by atoms with Crippen LogP contribution in [0, 0.1) is 17.5 Å². The van der Waals surface area contributed by atoms with Crippen molar-refractivity contribution in [2.75, 3.05) is 0 Å². The summed E-state index contributed by atoms with van der Waals surface area (Å²) in [7, 11) is 0. The van der Waals surface area contributed by atoms with E-state index in [0.29, 0.717) is 12.8 Å². The Morgan fingerprint density at radius 1 is 0.867 bits per heavy atom. The number of allylic oxidation sites excluding steroid dienone is 1. The normalized spacial score (nSPS) is 12.2. The van der Waals surface area contributed by atoms with Crippen LogP contribution in [0.1, 0.15) is 42.0 Å². The summed E-state index contributed by atoms with van der Waals surface area (Å²) in [6.07, 6.45) is 4.08. The first-order chi connectivity index (χ1) is 14.4. The smallest absolute Gasteiger partial charge is 0.169 e. The van der Waals surface area contributed by atoms with Gasteiger partial charge in [-0.05, 0) is 47.9 Å². The number of benzene rings is 3. The zero-order valence-corrected chi connectivity index (χ0v) is 16.5. The standard InChI is InChI=1S/C25H21F5/c1-3-5-7-15-8-10-16(11-9-15)21(26)24(29)19-13-12-17-14-18(6-4-2)22(27)25(30)20(17)23(19)28/h3,8-14H,1,4-7H2,2H3. The largest absolute Gasteiger partial charge is 0.205 e. The first-order valence-electron chi connectivity index (χ1n) is 9.74. The molecule has 0 saturated heterocycles. The number of rotatable bonds is 7. The lowest BCUT2D eigenvalue weighted by atomic mass is 9.99. The average Bonchev–Trinajstić information content (AvgIpc) is 2.75. The summed E-state index contributed by atoms with van der Waals surface area (Å²) in [6, 6.07) is 9.72. The number of aryl methyl sites for hydroxylation is 2. The third-order valence-electron chi connectivity index (χ3n) is 4.99. The summed E-state index contributed by atoms with van der Waals surface area (Å²) in [5.74, 6) is -6.63. The van der Waals surface area contributed by atoms with Crippen LogP contribution in [0.25, 0.3) is 22.4 Å².